The maximum absolute atomic E-state index is 6.22. The first-order chi connectivity index (χ1) is 17.3. The summed E-state index contributed by atoms with van der Waals surface area (Å²) in [5, 5.41) is 5.52. The van der Waals surface area contributed by atoms with Crippen LogP contribution < -0.4 is 0 Å². The van der Waals surface area contributed by atoms with E-state index in [1.807, 2.05) is 0 Å². The second-order valence-electron chi connectivity index (χ2n) is 9.41. The number of benzene rings is 3. The van der Waals surface area contributed by atoms with Crippen molar-refractivity contribution in [3.8, 4) is 22.3 Å². The highest BCUT2D eigenvalue weighted by molar-refractivity contribution is 7.08. The lowest BCUT2D eigenvalue weighted by Gasteiger charge is -2.22. The van der Waals surface area contributed by atoms with Gasteiger partial charge in [-0.2, -0.15) is 11.3 Å². The molecule has 1 saturated heterocycles. The van der Waals surface area contributed by atoms with Gasteiger partial charge in [0, 0.05) is 25.0 Å². The van der Waals surface area contributed by atoms with Crippen LogP contribution >= 0.6 is 11.3 Å². The van der Waals surface area contributed by atoms with E-state index >= 15 is 0 Å². The molecule has 35 heavy (non-hydrogen) atoms. The van der Waals surface area contributed by atoms with Crippen LogP contribution in [0.2, 0.25) is 0 Å². The summed E-state index contributed by atoms with van der Waals surface area (Å²) < 4.78 is 6.22. The molecule has 6 rings (SSSR count). The molecule has 0 radical (unpaired) electrons. The monoisotopic (exact) mass is 478 g/mol. The van der Waals surface area contributed by atoms with Gasteiger partial charge in [-0.25, -0.2) is 0 Å². The van der Waals surface area contributed by atoms with Gasteiger partial charge in [-0.1, -0.05) is 60.7 Å². The molecule has 0 unspecified atom stereocenters. The van der Waals surface area contributed by atoms with Gasteiger partial charge in [-0.15, -0.1) is 0 Å². The van der Waals surface area contributed by atoms with Gasteiger partial charge in [0.15, 0.2) is 0 Å². The highest BCUT2D eigenvalue weighted by Crippen LogP contribution is 2.29. The van der Waals surface area contributed by atoms with E-state index in [0.717, 1.165) is 50.6 Å². The largest absolute Gasteiger partial charge is 0.460 e. The van der Waals surface area contributed by atoms with Crippen LogP contribution in [-0.4, -0.2) is 36.0 Å². The molecular weight excluding hydrogens is 448 g/mol. The normalized spacial score (nSPS) is 15.4. The van der Waals surface area contributed by atoms with Crippen molar-refractivity contribution in [3.63, 3.8) is 0 Å². The molecule has 4 heteroatoms. The minimum absolute atomic E-state index is 0.872. The van der Waals surface area contributed by atoms with Gasteiger partial charge in [0.25, 0.3) is 0 Å². The van der Waals surface area contributed by atoms with Gasteiger partial charge in [0.05, 0.1) is 6.54 Å². The molecule has 2 aromatic heterocycles. The third kappa shape index (κ3) is 5.10. The molecular formula is C31H30N2OS. The molecule has 0 N–H and O–H groups in total. The molecule has 3 aromatic carbocycles. The van der Waals surface area contributed by atoms with Crippen molar-refractivity contribution >= 4 is 22.3 Å². The van der Waals surface area contributed by atoms with Gasteiger partial charge < -0.3 is 4.42 Å². The van der Waals surface area contributed by atoms with Crippen LogP contribution in [-0.2, 0) is 13.1 Å². The second-order valence-corrected chi connectivity index (χ2v) is 10.2. The zero-order chi connectivity index (χ0) is 23.5. The van der Waals surface area contributed by atoms with Crippen LogP contribution in [0.3, 0.4) is 0 Å². The summed E-state index contributed by atoms with van der Waals surface area (Å²) in [6.07, 6.45) is 1.18. The Kier molecular flexibility index (Phi) is 6.50. The summed E-state index contributed by atoms with van der Waals surface area (Å²) in [5.74, 6) is 1.06. The Morgan fingerprint density at radius 2 is 1.49 bits per heavy atom. The van der Waals surface area contributed by atoms with Crippen LogP contribution in [0.4, 0.5) is 0 Å². The van der Waals surface area contributed by atoms with E-state index in [9.17, 15) is 0 Å². The molecule has 0 aliphatic carbocycles. The van der Waals surface area contributed by atoms with Crippen LogP contribution in [0.1, 0.15) is 17.7 Å². The second kappa shape index (κ2) is 10.2. The van der Waals surface area contributed by atoms with Crippen molar-refractivity contribution in [3.05, 3.63) is 107 Å². The molecule has 1 aliphatic heterocycles. The summed E-state index contributed by atoms with van der Waals surface area (Å²) >= 11 is 1.74. The van der Waals surface area contributed by atoms with E-state index in [-0.39, 0.29) is 0 Å². The van der Waals surface area contributed by atoms with Gasteiger partial charge in [0.1, 0.15) is 11.3 Å². The van der Waals surface area contributed by atoms with E-state index in [0.29, 0.717) is 0 Å². The molecule has 176 valence electrons. The number of rotatable bonds is 6. The SMILES string of the molecule is c1ccc(-c2ccccc2CN2CCCN(Cc3cc4cc(-c5ccsc5)ccc4o3)CC2)cc1. The van der Waals surface area contributed by atoms with Crippen molar-refractivity contribution < 1.29 is 4.42 Å². The number of fused-ring (bicyclic) bond motifs is 1. The van der Waals surface area contributed by atoms with Crippen molar-refractivity contribution in [1.29, 1.82) is 0 Å². The lowest BCUT2D eigenvalue weighted by atomic mass is 9.99. The summed E-state index contributed by atoms with van der Waals surface area (Å²) in [6.45, 7) is 6.24. The van der Waals surface area contributed by atoms with Crippen molar-refractivity contribution in [2.24, 2.45) is 0 Å². The molecule has 0 saturated carbocycles. The summed E-state index contributed by atoms with van der Waals surface area (Å²) in [7, 11) is 0. The predicted octanol–water partition coefficient (Wildman–Crippen LogP) is 7.54. The van der Waals surface area contributed by atoms with Crippen LogP contribution in [0, 0.1) is 0 Å². The average molecular weight is 479 g/mol. The average Bonchev–Trinajstić information content (AvgIpc) is 3.52. The van der Waals surface area contributed by atoms with Gasteiger partial charge in [-0.05, 0) is 82.4 Å². The van der Waals surface area contributed by atoms with Crippen molar-refractivity contribution in [1.82, 2.24) is 9.80 Å². The number of furan rings is 1. The first kappa shape index (κ1) is 22.3. The topological polar surface area (TPSA) is 19.6 Å². The van der Waals surface area contributed by atoms with Crippen molar-refractivity contribution in [2.45, 2.75) is 19.5 Å². The Morgan fingerprint density at radius 1 is 0.686 bits per heavy atom. The maximum atomic E-state index is 6.22. The molecule has 3 nitrogen and oxygen atoms in total. The zero-order valence-corrected chi connectivity index (χ0v) is 20.7. The zero-order valence-electron chi connectivity index (χ0n) is 19.9. The van der Waals surface area contributed by atoms with Crippen molar-refractivity contribution in [2.75, 3.05) is 26.2 Å². The molecule has 5 aromatic rings. The quantitative estimate of drug-likeness (QED) is 0.251. The van der Waals surface area contributed by atoms with E-state index in [2.05, 4.69) is 105 Å². The Morgan fingerprint density at radius 3 is 2.31 bits per heavy atom. The molecule has 0 spiro atoms. The third-order valence-electron chi connectivity index (χ3n) is 6.98. The fourth-order valence-corrected chi connectivity index (χ4v) is 5.81. The smallest absolute Gasteiger partial charge is 0.134 e. The lowest BCUT2D eigenvalue weighted by molar-refractivity contribution is 0.236. The van der Waals surface area contributed by atoms with Gasteiger partial charge in [-0.3, -0.25) is 9.80 Å². The first-order valence-electron chi connectivity index (χ1n) is 12.4. The molecule has 1 fully saturated rings. The maximum Gasteiger partial charge on any atom is 0.134 e. The summed E-state index contributed by atoms with van der Waals surface area (Å²) in [5.41, 5.74) is 7.57. The molecule has 0 bridgehead atoms. The standard InChI is InChI=1S/C31H30N2OS/c1-2-7-24(8-3-1)30-10-5-4-9-26(30)21-32-14-6-15-33(17-16-32)22-29-20-28-19-25(11-12-31(28)34-29)27-13-18-35-23-27/h1-5,7-13,18-20,23H,6,14-17,21-22H2. The number of nitrogens with zero attached hydrogens (tertiary/aromatic N) is 2. The van der Waals surface area contributed by atoms with Gasteiger partial charge in [0.2, 0.25) is 0 Å². The fourth-order valence-electron chi connectivity index (χ4n) is 5.14. The Bertz CT molecular complexity index is 1390. The minimum Gasteiger partial charge on any atom is -0.460 e. The number of thiophene rings is 1. The van der Waals surface area contributed by atoms with E-state index in [1.54, 1.807) is 11.3 Å². The molecule has 1 aliphatic rings. The Hall–Kier alpha value is -3.18. The highest BCUT2D eigenvalue weighted by Gasteiger charge is 2.18. The number of hydrogen-bond donors (Lipinski definition) is 0. The van der Waals surface area contributed by atoms with Crippen LogP contribution in [0.25, 0.3) is 33.2 Å². The minimum atomic E-state index is 0.872. The molecule has 3 heterocycles. The van der Waals surface area contributed by atoms with E-state index in [1.165, 1.54) is 39.6 Å². The Balaban J connectivity index is 1.11. The van der Waals surface area contributed by atoms with Gasteiger partial charge >= 0.3 is 0 Å². The predicted molar refractivity (Wildman–Crippen MR) is 147 cm³/mol. The molecule has 0 atom stereocenters. The van der Waals surface area contributed by atoms with Crippen LogP contribution in [0.15, 0.2) is 100 Å². The van der Waals surface area contributed by atoms with E-state index in [4.69, 9.17) is 4.42 Å². The van der Waals surface area contributed by atoms with Crippen LogP contribution in [0.5, 0.6) is 0 Å². The highest BCUT2D eigenvalue weighted by atomic mass is 32.1. The first-order valence-corrected chi connectivity index (χ1v) is 13.4. The summed E-state index contributed by atoms with van der Waals surface area (Å²) in [6, 6.07) is 30.5. The lowest BCUT2D eigenvalue weighted by Crippen LogP contribution is -2.30. The third-order valence-corrected chi connectivity index (χ3v) is 7.66. The number of hydrogen-bond acceptors (Lipinski definition) is 4. The molecule has 0 amide bonds. The van der Waals surface area contributed by atoms with E-state index < -0.39 is 0 Å². The summed E-state index contributed by atoms with van der Waals surface area (Å²) in [4.78, 5) is 5.15. The Labute approximate surface area is 211 Å². The fraction of sp³-hybridized carbons (Fsp3) is 0.226.